The molecule has 1 aliphatic rings. The number of ketones is 1. The highest BCUT2D eigenvalue weighted by Gasteiger charge is 2.10. The maximum atomic E-state index is 12.7. The van der Waals surface area contributed by atoms with E-state index in [0.717, 1.165) is 0 Å². The average Bonchev–Trinajstić information content (AvgIpc) is 2.83. The summed E-state index contributed by atoms with van der Waals surface area (Å²) in [6.45, 7) is 5.73. The van der Waals surface area contributed by atoms with Gasteiger partial charge in [0.05, 0.1) is 25.4 Å². The zero-order valence-corrected chi connectivity index (χ0v) is 17.5. The third-order valence-corrected chi connectivity index (χ3v) is 4.05. The monoisotopic (exact) mass is 413 g/mol. The number of thioether (sulfide) groups is 1. The number of rotatable bonds is 9. The highest BCUT2D eigenvalue weighted by molar-refractivity contribution is 8.02. The highest BCUT2D eigenvalue weighted by Crippen LogP contribution is 2.14. The standard InChI is InChI=1S/C11H13FO2.C9H15NO3S/c1-2-14-11(13)8-9-4-3-5-10(12)7-6-9;1-4-13-9(12)8(10-3)6-14-5-7(2)11/h3-7,9H,2,8H2,1H3;6,10H,4-5H2,1-3H3/b;8-6-. The first kappa shape index (κ1) is 25.7. The number of ether oxygens (including phenoxy) is 2. The smallest absolute Gasteiger partial charge is 0.354 e. The molecule has 1 aliphatic carbocycles. The minimum atomic E-state index is -0.397. The number of carbonyl (C=O) groups excluding carboxylic acids is 3. The van der Waals surface area contributed by atoms with Gasteiger partial charge in [-0.1, -0.05) is 18.2 Å². The van der Waals surface area contributed by atoms with Crippen LogP contribution in [-0.2, 0) is 23.9 Å². The largest absolute Gasteiger partial charge is 0.466 e. The van der Waals surface area contributed by atoms with E-state index in [0.29, 0.717) is 24.7 Å². The lowest BCUT2D eigenvalue weighted by Crippen LogP contribution is -2.18. The fourth-order valence-electron chi connectivity index (χ4n) is 1.83. The first-order valence-corrected chi connectivity index (χ1v) is 9.92. The fraction of sp³-hybridized carbons (Fsp3) is 0.450. The van der Waals surface area contributed by atoms with Crippen LogP contribution in [0.25, 0.3) is 0 Å². The zero-order valence-electron chi connectivity index (χ0n) is 16.7. The number of carbonyl (C=O) groups is 3. The molecule has 0 saturated carbocycles. The molecule has 1 N–H and O–H groups in total. The SMILES string of the molecule is CCOC(=O)/C(=C/SCC(C)=O)NC.CCOC(=O)CC1C=CC=C(F)C=C1. The first-order valence-electron chi connectivity index (χ1n) is 8.87. The molecule has 28 heavy (non-hydrogen) atoms. The van der Waals surface area contributed by atoms with Crippen LogP contribution in [0.4, 0.5) is 4.39 Å². The quantitative estimate of drug-likeness (QED) is 0.458. The Labute approximate surface area is 169 Å². The lowest BCUT2D eigenvalue weighted by Gasteiger charge is -2.05. The van der Waals surface area contributed by atoms with E-state index >= 15 is 0 Å². The fourth-order valence-corrected chi connectivity index (χ4v) is 2.53. The number of likely N-dealkylation sites (N-methyl/N-ethyl adjacent to an activating group) is 1. The van der Waals surface area contributed by atoms with Gasteiger partial charge in [-0.2, -0.15) is 0 Å². The number of hydrogen-bond donors (Lipinski definition) is 1. The van der Waals surface area contributed by atoms with Crippen LogP contribution in [0.15, 0.2) is 47.3 Å². The van der Waals surface area contributed by atoms with Gasteiger partial charge >= 0.3 is 11.9 Å². The molecule has 0 amide bonds. The van der Waals surface area contributed by atoms with Crippen molar-refractivity contribution in [1.82, 2.24) is 5.32 Å². The molecule has 0 spiro atoms. The van der Waals surface area contributed by atoms with Crippen molar-refractivity contribution >= 4 is 29.5 Å². The molecule has 8 heteroatoms. The van der Waals surface area contributed by atoms with Gasteiger partial charge in [-0.05, 0) is 32.9 Å². The molecule has 0 aromatic rings. The van der Waals surface area contributed by atoms with Gasteiger partial charge in [0.25, 0.3) is 0 Å². The predicted octanol–water partition coefficient (Wildman–Crippen LogP) is 3.47. The summed E-state index contributed by atoms with van der Waals surface area (Å²) < 4.78 is 22.3. The van der Waals surface area contributed by atoms with Crippen LogP contribution in [0.3, 0.4) is 0 Å². The minimum Gasteiger partial charge on any atom is -0.466 e. The van der Waals surface area contributed by atoms with Crippen LogP contribution < -0.4 is 5.32 Å². The maximum Gasteiger partial charge on any atom is 0.354 e. The van der Waals surface area contributed by atoms with Gasteiger partial charge in [-0.25, -0.2) is 9.18 Å². The lowest BCUT2D eigenvalue weighted by molar-refractivity contribution is -0.143. The van der Waals surface area contributed by atoms with Crippen molar-refractivity contribution in [1.29, 1.82) is 0 Å². The summed E-state index contributed by atoms with van der Waals surface area (Å²) in [5.41, 5.74) is 0.373. The Bertz CT molecular complexity index is 641. The Morgan fingerprint density at radius 1 is 1.21 bits per heavy atom. The van der Waals surface area contributed by atoms with E-state index in [9.17, 15) is 18.8 Å². The molecule has 0 radical (unpaired) electrons. The number of nitrogens with one attached hydrogen (secondary N) is 1. The normalized spacial score (nSPS) is 15.5. The summed E-state index contributed by atoms with van der Waals surface area (Å²) >= 11 is 1.27. The van der Waals surface area contributed by atoms with Crippen LogP contribution in [0.5, 0.6) is 0 Å². The minimum absolute atomic E-state index is 0.0708. The van der Waals surface area contributed by atoms with E-state index in [2.05, 4.69) is 5.32 Å². The van der Waals surface area contributed by atoms with Crippen molar-refractivity contribution in [3.63, 3.8) is 0 Å². The topological polar surface area (TPSA) is 81.7 Å². The average molecular weight is 414 g/mol. The highest BCUT2D eigenvalue weighted by atomic mass is 32.2. The molecule has 0 bridgehead atoms. The molecule has 156 valence electrons. The molecule has 1 rings (SSSR count). The van der Waals surface area contributed by atoms with Crippen molar-refractivity contribution in [2.75, 3.05) is 26.0 Å². The van der Waals surface area contributed by atoms with Gasteiger partial charge in [0.15, 0.2) is 0 Å². The third-order valence-electron chi connectivity index (χ3n) is 3.08. The maximum absolute atomic E-state index is 12.7. The van der Waals surface area contributed by atoms with E-state index < -0.39 is 5.97 Å². The Kier molecular flexibility index (Phi) is 14.4. The van der Waals surface area contributed by atoms with Crippen LogP contribution >= 0.6 is 11.8 Å². The summed E-state index contributed by atoms with van der Waals surface area (Å²) in [7, 11) is 1.64. The van der Waals surface area contributed by atoms with Crippen LogP contribution in [-0.4, -0.2) is 43.7 Å². The second-order valence-electron chi connectivity index (χ2n) is 5.48. The van der Waals surface area contributed by atoms with E-state index in [4.69, 9.17) is 9.47 Å². The molecular weight excluding hydrogens is 385 g/mol. The van der Waals surface area contributed by atoms with Crippen molar-refractivity contribution in [3.05, 3.63) is 47.3 Å². The van der Waals surface area contributed by atoms with Crippen LogP contribution in [0, 0.1) is 5.92 Å². The molecule has 0 heterocycles. The van der Waals surface area contributed by atoms with Crippen molar-refractivity contribution in [2.45, 2.75) is 27.2 Å². The molecule has 0 aliphatic heterocycles. The second kappa shape index (κ2) is 15.7. The van der Waals surface area contributed by atoms with Gasteiger partial charge in [0, 0.05) is 18.4 Å². The molecule has 0 aromatic heterocycles. The van der Waals surface area contributed by atoms with Gasteiger partial charge in [-0.3, -0.25) is 9.59 Å². The molecule has 6 nitrogen and oxygen atoms in total. The Morgan fingerprint density at radius 2 is 1.89 bits per heavy atom. The molecule has 0 aromatic carbocycles. The van der Waals surface area contributed by atoms with E-state index in [1.807, 2.05) is 0 Å². The van der Waals surface area contributed by atoms with Crippen molar-refractivity contribution in [3.8, 4) is 0 Å². The Hall–Kier alpha value is -2.35. The van der Waals surface area contributed by atoms with Crippen molar-refractivity contribution < 1.29 is 28.2 Å². The molecule has 0 saturated heterocycles. The second-order valence-corrected chi connectivity index (χ2v) is 6.34. The Morgan fingerprint density at radius 3 is 2.46 bits per heavy atom. The summed E-state index contributed by atoms with van der Waals surface area (Å²) in [5, 5.41) is 4.31. The number of Topliss-reactive ketones (excluding diaryl/α,β-unsaturated/α-hetero) is 1. The van der Waals surface area contributed by atoms with E-state index in [-0.39, 0.29) is 29.9 Å². The van der Waals surface area contributed by atoms with Gasteiger partial charge in [0.2, 0.25) is 0 Å². The molecule has 1 atom stereocenters. The van der Waals surface area contributed by atoms with Crippen molar-refractivity contribution in [2.24, 2.45) is 5.92 Å². The molecule has 1 unspecified atom stereocenters. The number of allylic oxidation sites excluding steroid dienone is 6. The number of hydrogen-bond acceptors (Lipinski definition) is 7. The van der Waals surface area contributed by atoms with E-state index in [1.165, 1.54) is 30.8 Å². The van der Waals surface area contributed by atoms with Gasteiger partial charge in [0.1, 0.15) is 17.3 Å². The molecule has 0 fully saturated rings. The van der Waals surface area contributed by atoms with Gasteiger partial charge in [-0.15, -0.1) is 11.8 Å². The summed E-state index contributed by atoms with van der Waals surface area (Å²) in [4.78, 5) is 32.9. The zero-order chi connectivity index (χ0) is 21.4. The van der Waals surface area contributed by atoms with Gasteiger partial charge < -0.3 is 14.8 Å². The van der Waals surface area contributed by atoms with E-state index in [1.54, 1.807) is 44.5 Å². The van der Waals surface area contributed by atoms with Crippen LogP contribution in [0.1, 0.15) is 27.2 Å². The summed E-state index contributed by atoms with van der Waals surface area (Å²) in [6, 6.07) is 0. The first-order chi connectivity index (χ1) is 13.3. The third kappa shape index (κ3) is 12.9. The summed E-state index contributed by atoms with van der Waals surface area (Å²) in [5.74, 6) is -0.582. The Balaban J connectivity index is 0.000000521. The lowest BCUT2D eigenvalue weighted by atomic mass is 10.1. The molecular formula is C20H28FNO5S. The predicted molar refractivity (Wildman–Crippen MR) is 109 cm³/mol. The summed E-state index contributed by atoms with van der Waals surface area (Å²) in [6.07, 6.45) is 8.04. The van der Waals surface area contributed by atoms with Crippen LogP contribution in [0.2, 0.25) is 0 Å². The number of esters is 2. The number of halogens is 1.